The molecule has 2 aromatic rings. The third kappa shape index (κ3) is 4.33. The lowest BCUT2D eigenvalue weighted by molar-refractivity contribution is 0.0696. The number of carboxylic acid groups (broad SMARTS) is 1. The summed E-state index contributed by atoms with van der Waals surface area (Å²) in [5.74, 6) is -3.09. The van der Waals surface area contributed by atoms with E-state index in [2.05, 4.69) is 22.3 Å². The fourth-order valence-corrected chi connectivity index (χ4v) is 3.12. The Labute approximate surface area is 145 Å². The summed E-state index contributed by atoms with van der Waals surface area (Å²) in [6.07, 6.45) is 1.54. The first-order valence-corrected chi connectivity index (χ1v) is 8.28. The number of anilines is 1. The average Bonchev–Trinajstić information content (AvgIpc) is 2.60. The number of aromatic carboxylic acids is 1. The summed E-state index contributed by atoms with van der Waals surface area (Å²) in [5, 5.41) is 11.7. The van der Waals surface area contributed by atoms with E-state index >= 15 is 0 Å². The van der Waals surface area contributed by atoms with Gasteiger partial charge in [0, 0.05) is 25.7 Å². The molecule has 0 aliphatic carbocycles. The van der Waals surface area contributed by atoms with Gasteiger partial charge in [-0.3, -0.25) is 4.90 Å². The summed E-state index contributed by atoms with van der Waals surface area (Å²) >= 11 is 0. The highest BCUT2D eigenvalue weighted by atomic mass is 19.1. The maximum absolute atomic E-state index is 14.0. The molecule has 2 N–H and O–H groups in total. The molecule has 0 radical (unpaired) electrons. The number of carboxylic acids is 1. The predicted octanol–water partition coefficient (Wildman–Crippen LogP) is 3.74. The van der Waals surface area contributed by atoms with E-state index in [1.807, 2.05) is 18.2 Å². The fraction of sp³-hybridized carbons (Fsp3) is 0.316. The summed E-state index contributed by atoms with van der Waals surface area (Å²) in [6, 6.07) is 11.8. The highest BCUT2D eigenvalue weighted by molar-refractivity contribution is 5.88. The predicted molar refractivity (Wildman–Crippen MR) is 91.7 cm³/mol. The van der Waals surface area contributed by atoms with Gasteiger partial charge in [0.05, 0.1) is 5.56 Å². The molecule has 25 heavy (non-hydrogen) atoms. The number of nitrogens with zero attached hydrogens (tertiary/aromatic N) is 1. The molecular formula is C19H20F2N2O2. The van der Waals surface area contributed by atoms with Gasteiger partial charge in [0.2, 0.25) is 0 Å². The molecule has 0 spiro atoms. The lowest BCUT2D eigenvalue weighted by atomic mass is 10.0. The van der Waals surface area contributed by atoms with Crippen LogP contribution in [0.2, 0.25) is 0 Å². The minimum Gasteiger partial charge on any atom is -0.478 e. The topological polar surface area (TPSA) is 52.6 Å². The quantitative estimate of drug-likeness (QED) is 0.866. The van der Waals surface area contributed by atoms with E-state index < -0.39 is 23.2 Å². The zero-order chi connectivity index (χ0) is 17.8. The largest absolute Gasteiger partial charge is 0.478 e. The number of piperidine rings is 1. The molecule has 6 heteroatoms. The van der Waals surface area contributed by atoms with Crippen LogP contribution in [-0.2, 0) is 6.54 Å². The Bertz CT molecular complexity index is 721. The van der Waals surface area contributed by atoms with E-state index in [0.29, 0.717) is 0 Å². The summed E-state index contributed by atoms with van der Waals surface area (Å²) in [4.78, 5) is 13.1. The van der Waals surface area contributed by atoms with Gasteiger partial charge < -0.3 is 10.4 Å². The maximum atomic E-state index is 14.0. The van der Waals surface area contributed by atoms with Crippen molar-refractivity contribution < 1.29 is 18.7 Å². The van der Waals surface area contributed by atoms with Gasteiger partial charge in [-0.2, -0.15) is 0 Å². The molecule has 4 nitrogen and oxygen atoms in total. The fourth-order valence-electron chi connectivity index (χ4n) is 3.12. The minimum atomic E-state index is -1.35. The summed E-state index contributed by atoms with van der Waals surface area (Å²) in [5.41, 5.74) is 0.611. The van der Waals surface area contributed by atoms with Crippen molar-refractivity contribution in [2.24, 2.45) is 0 Å². The lowest BCUT2D eigenvalue weighted by Gasteiger charge is -2.33. The van der Waals surface area contributed by atoms with Crippen LogP contribution in [0.15, 0.2) is 42.5 Å². The van der Waals surface area contributed by atoms with Crippen LogP contribution < -0.4 is 5.32 Å². The molecule has 0 unspecified atom stereocenters. The van der Waals surface area contributed by atoms with Crippen molar-refractivity contribution in [3.05, 3.63) is 65.2 Å². The third-order valence-corrected chi connectivity index (χ3v) is 4.47. The molecular weight excluding hydrogens is 326 g/mol. The third-order valence-electron chi connectivity index (χ3n) is 4.47. The number of likely N-dealkylation sites (tertiary alicyclic amines) is 1. The first-order chi connectivity index (χ1) is 12.0. The normalized spacial score (nSPS) is 15.9. The molecule has 0 aromatic heterocycles. The summed E-state index contributed by atoms with van der Waals surface area (Å²) in [7, 11) is 0. The lowest BCUT2D eigenvalue weighted by Crippen LogP contribution is -2.39. The van der Waals surface area contributed by atoms with Crippen LogP contribution in [0.3, 0.4) is 0 Å². The van der Waals surface area contributed by atoms with Crippen LogP contribution in [0.1, 0.15) is 28.8 Å². The second-order valence-corrected chi connectivity index (χ2v) is 6.30. The van der Waals surface area contributed by atoms with Crippen molar-refractivity contribution in [1.82, 2.24) is 4.90 Å². The van der Waals surface area contributed by atoms with Crippen LogP contribution in [-0.4, -0.2) is 35.1 Å². The highest BCUT2D eigenvalue weighted by Gasteiger charge is 2.22. The van der Waals surface area contributed by atoms with E-state index in [1.165, 1.54) is 5.56 Å². The Balaban J connectivity index is 1.58. The van der Waals surface area contributed by atoms with Crippen LogP contribution in [0.25, 0.3) is 0 Å². The second kappa shape index (κ2) is 7.61. The van der Waals surface area contributed by atoms with Crippen molar-refractivity contribution >= 4 is 11.7 Å². The van der Waals surface area contributed by atoms with E-state index in [1.54, 1.807) is 0 Å². The van der Waals surface area contributed by atoms with E-state index in [9.17, 15) is 13.6 Å². The zero-order valence-electron chi connectivity index (χ0n) is 13.7. The van der Waals surface area contributed by atoms with Crippen LogP contribution in [0.5, 0.6) is 0 Å². The molecule has 1 heterocycles. The Hall–Kier alpha value is -2.47. The monoisotopic (exact) mass is 346 g/mol. The van der Waals surface area contributed by atoms with Gasteiger partial charge in [-0.15, -0.1) is 0 Å². The van der Waals surface area contributed by atoms with Gasteiger partial charge in [0.1, 0.15) is 17.3 Å². The molecule has 2 aromatic carbocycles. The molecule has 0 amide bonds. The van der Waals surface area contributed by atoms with Crippen molar-refractivity contribution in [3.8, 4) is 0 Å². The van der Waals surface area contributed by atoms with Crippen molar-refractivity contribution in [2.45, 2.75) is 25.4 Å². The van der Waals surface area contributed by atoms with Crippen molar-refractivity contribution in [1.29, 1.82) is 0 Å². The average molecular weight is 346 g/mol. The van der Waals surface area contributed by atoms with Gasteiger partial charge in [-0.1, -0.05) is 30.3 Å². The number of benzene rings is 2. The zero-order valence-corrected chi connectivity index (χ0v) is 13.7. The van der Waals surface area contributed by atoms with Crippen molar-refractivity contribution in [2.75, 3.05) is 18.4 Å². The molecule has 1 aliphatic rings. The van der Waals surface area contributed by atoms with E-state index in [4.69, 9.17) is 5.11 Å². The van der Waals surface area contributed by atoms with Gasteiger partial charge in [0.15, 0.2) is 0 Å². The molecule has 1 saturated heterocycles. The first kappa shape index (κ1) is 17.4. The standard InChI is InChI=1S/C19H20F2N2O2/c20-16-10-14(19(24)25)11-17(21)18(16)22-15-6-8-23(9-7-15)12-13-4-2-1-3-5-13/h1-5,10-11,15,22H,6-9,12H2,(H,24,25). The number of hydrogen-bond donors (Lipinski definition) is 2. The number of nitrogens with one attached hydrogen (secondary N) is 1. The Kier molecular flexibility index (Phi) is 5.28. The molecule has 1 fully saturated rings. The van der Waals surface area contributed by atoms with Crippen LogP contribution in [0, 0.1) is 11.6 Å². The molecule has 3 rings (SSSR count). The number of carbonyl (C=O) groups is 1. The van der Waals surface area contributed by atoms with Gasteiger partial charge in [-0.05, 0) is 30.5 Å². The minimum absolute atomic E-state index is 0.0355. The van der Waals surface area contributed by atoms with Crippen molar-refractivity contribution in [3.63, 3.8) is 0 Å². The first-order valence-electron chi connectivity index (χ1n) is 8.28. The maximum Gasteiger partial charge on any atom is 0.335 e. The van der Waals surface area contributed by atoms with Crippen LogP contribution in [0.4, 0.5) is 14.5 Å². The molecule has 1 aliphatic heterocycles. The Morgan fingerprint density at radius 3 is 2.28 bits per heavy atom. The SMILES string of the molecule is O=C(O)c1cc(F)c(NC2CCN(Cc3ccccc3)CC2)c(F)c1. The second-order valence-electron chi connectivity index (χ2n) is 6.30. The summed E-state index contributed by atoms with van der Waals surface area (Å²) < 4.78 is 28.0. The van der Waals surface area contributed by atoms with E-state index in [0.717, 1.165) is 44.6 Å². The highest BCUT2D eigenvalue weighted by Crippen LogP contribution is 2.24. The Morgan fingerprint density at radius 1 is 1.12 bits per heavy atom. The molecule has 0 saturated carbocycles. The van der Waals surface area contributed by atoms with E-state index in [-0.39, 0.29) is 11.7 Å². The van der Waals surface area contributed by atoms with Gasteiger partial charge in [0.25, 0.3) is 0 Å². The molecule has 132 valence electrons. The molecule has 0 atom stereocenters. The number of rotatable bonds is 5. The smallest absolute Gasteiger partial charge is 0.335 e. The molecule has 0 bridgehead atoms. The Morgan fingerprint density at radius 2 is 1.72 bits per heavy atom. The van der Waals surface area contributed by atoms with Gasteiger partial charge >= 0.3 is 5.97 Å². The van der Waals surface area contributed by atoms with Crippen LogP contribution >= 0.6 is 0 Å². The van der Waals surface area contributed by atoms with Gasteiger partial charge in [-0.25, -0.2) is 13.6 Å². The summed E-state index contributed by atoms with van der Waals surface area (Å²) in [6.45, 7) is 2.54. The number of hydrogen-bond acceptors (Lipinski definition) is 3. The number of halogens is 2.